The Morgan fingerprint density at radius 3 is 2.90 bits per heavy atom. The third kappa shape index (κ3) is 5.03. The number of carbonyl (C=O) groups is 1. The number of rotatable bonds is 8. The van der Waals surface area contributed by atoms with Crippen LogP contribution in [0.5, 0.6) is 0 Å². The number of allylic oxidation sites excluding steroid dienone is 1. The Morgan fingerprint density at radius 2 is 2.16 bits per heavy atom. The molecule has 160 valence electrons. The van der Waals surface area contributed by atoms with E-state index in [2.05, 4.69) is 16.9 Å². The molecule has 1 amide bonds. The standard InChI is InChI=1S/C23H24N4O3S/c1-2-11-27-22(29)19-6-5-17(21(28)25-14-18-4-3-12-30-18)13-20(19)26-23(27)31-15-16-7-9-24-10-8-16/h2,5-10,13,18H,1,3-4,11-12,14-15H2,(H,25,28). The van der Waals surface area contributed by atoms with Gasteiger partial charge in [-0.05, 0) is 48.7 Å². The molecule has 1 fully saturated rings. The maximum Gasteiger partial charge on any atom is 0.262 e. The van der Waals surface area contributed by atoms with Crippen molar-refractivity contribution >= 4 is 28.6 Å². The average molecular weight is 437 g/mol. The van der Waals surface area contributed by atoms with Crippen LogP contribution in [0.15, 0.2) is 65.3 Å². The van der Waals surface area contributed by atoms with Crippen LogP contribution in [-0.2, 0) is 17.0 Å². The van der Waals surface area contributed by atoms with Gasteiger partial charge in [0.05, 0.1) is 17.0 Å². The van der Waals surface area contributed by atoms with Gasteiger partial charge in [-0.2, -0.15) is 0 Å². The van der Waals surface area contributed by atoms with E-state index in [0.29, 0.717) is 40.5 Å². The number of ether oxygens (including phenoxy) is 1. The molecule has 8 heteroatoms. The van der Waals surface area contributed by atoms with Crippen molar-refractivity contribution in [3.63, 3.8) is 0 Å². The molecule has 1 aromatic carbocycles. The summed E-state index contributed by atoms with van der Waals surface area (Å²) in [6, 6.07) is 8.87. The summed E-state index contributed by atoms with van der Waals surface area (Å²) >= 11 is 1.47. The Labute approximate surface area is 184 Å². The van der Waals surface area contributed by atoms with Crippen LogP contribution in [0.1, 0.15) is 28.8 Å². The van der Waals surface area contributed by atoms with Gasteiger partial charge in [-0.3, -0.25) is 19.1 Å². The molecule has 0 spiro atoms. The Bertz CT molecular complexity index is 1140. The van der Waals surface area contributed by atoms with E-state index in [1.54, 1.807) is 41.2 Å². The van der Waals surface area contributed by atoms with E-state index in [4.69, 9.17) is 9.72 Å². The predicted octanol–water partition coefficient (Wildman–Crippen LogP) is 3.18. The average Bonchev–Trinajstić information content (AvgIpc) is 3.32. The van der Waals surface area contributed by atoms with Gasteiger partial charge in [0.1, 0.15) is 0 Å². The molecule has 1 N–H and O–H groups in total. The van der Waals surface area contributed by atoms with Gasteiger partial charge in [0.2, 0.25) is 0 Å². The summed E-state index contributed by atoms with van der Waals surface area (Å²) in [5.41, 5.74) is 1.92. The normalized spacial score (nSPS) is 15.8. The third-order valence-electron chi connectivity index (χ3n) is 5.13. The highest BCUT2D eigenvalue weighted by Crippen LogP contribution is 2.22. The molecule has 1 aliphatic rings. The number of fused-ring (bicyclic) bond motifs is 1. The molecule has 0 radical (unpaired) electrons. The Kier molecular flexibility index (Phi) is 6.79. The number of hydrogen-bond acceptors (Lipinski definition) is 6. The number of nitrogens with one attached hydrogen (secondary N) is 1. The van der Waals surface area contributed by atoms with E-state index >= 15 is 0 Å². The van der Waals surface area contributed by atoms with Crippen LogP contribution in [0.25, 0.3) is 10.9 Å². The molecule has 0 bridgehead atoms. The molecule has 1 saturated heterocycles. The van der Waals surface area contributed by atoms with Crippen LogP contribution in [0.4, 0.5) is 0 Å². The molecule has 0 saturated carbocycles. The fourth-order valence-corrected chi connectivity index (χ4v) is 4.45. The van der Waals surface area contributed by atoms with Gasteiger partial charge in [-0.25, -0.2) is 4.98 Å². The molecular weight excluding hydrogens is 412 g/mol. The zero-order valence-electron chi connectivity index (χ0n) is 17.1. The van der Waals surface area contributed by atoms with Gasteiger partial charge >= 0.3 is 0 Å². The quantitative estimate of drug-likeness (QED) is 0.332. The molecule has 1 atom stereocenters. The first-order valence-corrected chi connectivity index (χ1v) is 11.2. The van der Waals surface area contributed by atoms with Gasteiger partial charge in [-0.15, -0.1) is 6.58 Å². The van der Waals surface area contributed by atoms with Gasteiger partial charge < -0.3 is 10.1 Å². The third-order valence-corrected chi connectivity index (χ3v) is 6.17. The molecule has 3 heterocycles. The molecule has 7 nitrogen and oxygen atoms in total. The first kappa shape index (κ1) is 21.3. The second-order valence-electron chi connectivity index (χ2n) is 7.32. The van der Waals surface area contributed by atoms with E-state index in [1.807, 2.05) is 12.1 Å². The number of pyridine rings is 1. The molecule has 0 aliphatic carbocycles. The zero-order chi connectivity index (χ0) is 21.6. The minimum Gasteiger partial charge on any atom is -0.376 e. The van der Waals surface area contributed by atoms with E-state index in [1.165, 1.54) is 11.8 Å². The summed E-state index contributed by atoms with van der Waals surface area (Å²) in [4.78, 5) is 34.4. The molecule has 3 aromatic rings. The predicted molar refractivity (Wildman–Crippen MR) is 121 cm³/mol. The number of benzene rings is 1. The van der Waals surface area contributed by atoms with Crippen molar-refractivity contribution in [3.05, 3.63) is 76.9 Å². The summed E-state index contributed by atoms with van der Waals surface area (Å²) < 4.78 is 7.16. The monoisotopic (exact) mass is 436 g/mol. The number of hydrogen-bond donors (Lipinski definition) is 1. The number of carbonyl (C=O) groups excluding carboxylic acids is 1. The second-order valence-corrected chi connectivity index (χ2v) is 8.26. The van der Waals surface area contributed by atoms with Crippen molar-refractivity contribution < 1.29 is 9.53 Å². The van der Waals surface area contributed by atoms with Gasteiger partial charge in [0, 0.05) is 43.4 Å². The van der Waals surface area contributed by atoms with Crippen molar-refractivity contribution in [3.8, 4) is 0 Å². The maximum absolute atomic E-state index is 13.1. The number of aromatic nitrogens is 3. The molecule has 1 aliphatic heterocycles. The van der Waals surface area contributed by atoms with Crippen LogP contribution in [0.3, 0.4) is 0 Å². The maximum atomic E-state index is 13.1. The smallest absolute Gasteiger partial charge is 0.262 e. The topological polar surface area (TPSA) is 86.1 Å². The van der Waals surface area contributed by atoms with Crippen LogP contribution < -0.4 is 10.9 Å². The fraction of sp³-hybridized carbons (Fsp3) is 0.304. The lowest BCUT2D eigenvalue weighted by Gasteiger charge is -2.13. The summed E-state index contributed by atoms with van der Waals surface area (Å²) in [5.74, 6) is 0.458. The first-order valence-electron chi connectivity index (χ1n) is 10.2. The Morgan fingerprint density at radius 1 is 1.32 bits per heavy atom. The van der Waals surface area contributed by atoms with E-state index in [-0.39, 0.29) is 17.6 Å². The molecule has 31 heavy (non-hydrogen) atoms. The van der Waals surface area contributed by atoms with E-state index in [0.717, 1.165) is 25.0 Å². The van der Waals surface area contributed by atoms with Crippen LogP contribution in [0, 0.1) is 0 Å². The first-order chi connectivity index (χ1) is 15.2. The van der Waals surface area contributed by atoms with E-state index in [9.17, 15) is 9.59 Å². The van der Waals surface area contributed by atoms with Gasteiger partial charge in [-0.1, -0.05) is 17.8 Å². The van der Waals surface area contributed by atoms with Gasteiger partial charge in [0.15, 0.2) is 5.16 Å². The zero-order valence-corrected chi connectivity index (χ0v) is 17.9. The van der Waals surface area contributed by atoms with Gasteiger partial charge in [0.25, 0.3) is 11.5 Å². The largest absolute Gasteiger partial charge is 0.376 e. The molecular formula is C23H24N4O3S. The van der Waals surface area contributed by atoms with Crippen molar-refractivity contribution in [2.45, 2.75) is 36.4 Å². The number of amides is 1. The van der Waals surface area contributed by atoms with Crippen LogP contribution >= 0.6 is 11.8 Å². The molecule has 1 unspecified atom stereocenters. The SMILES string of the molecule is C=CCn1c(SCc2ccncc2)nc2cc(C(=O)NCC3CCCO3)ccc2c1=O. The van der Waals surface area contributed by atoms with Crippen molar-refractivity contribution in [2.24, 2.45) is 0 Å². The Hall–Kier alpha value is -2.97. The highest BCUT2D eigenvalue weighted by molar-refractivity contribution is 7.98. The lowest BCUT2D eigenvalue weighted by atomic mass is 10.1. The number of thioether (sulfide) groups is 1. The van der Waals surface area contributed by atoms with Crippen molar-refractivity contribution in [2.75, 3.05) is 13.2 Å². The summed E-state index contributed by atoms with van der Waals surface area (Å²) in [5, 5.41) is 3.98. The minimum atomic E-state index is -0.194. The lowest BCUT2D eigenvalue weighted by molar-refractivity contribution is 0.0858. The summed E-state index contributed by atoms with van der Waals surface area (Å²) in [6.45, 7) is 5.36. The van der Waals surface area contributed by atoms with Crippen molar-refractivity contribution in [1.29, 1.82) is 0 Å². The minimum absolute atomic E-state index is 0.0739. The highest BCUT2D eigenvalue weighted by Gasteiger charge is 2.18. The van der Waals surface area contributed by atoms with E-state index < -0.39 is 0 Å². The Balaban J connectivity index is 1.60. The summed E-state index contributed by atoms with van der Waals surface area (Å²) in [7, 11) is 0. The lowest BCUT2D eigenvalue weighted by Crippen LogP contribution is -2.31. The van der Waals surface area contributed by atoms with Crippen molar-refractivity contribution in [1.82, 2.24) is 19.9 Å². The molecule has 2 aromatic heterocycles. The summed E-state index contributed by atoms with van der Waals surface area (Å²) in [6.07, 6.45) is 7.21. The highest BCUT2D eigenvalue weighted by atomic mass is 32.2. The number of nitrogens with zero attached hydrogens (tertiary/aromatic N) is 3. The molecule has 4 rings (SSSR count). The fourth-order valence-electron chi connectivity index (χ4n) is 3.48. The van der Waals surface area contributed by atoms with Crippen LogP contribution in [-0.4, -0.2) is 39.7 Å². The second kappa shape index (κ2) is 9.89. The van der Waals surface area contributed by atoms with Crippen LogP contribution in [0.2, 0.25) is 0 Å².